The second kappa shape index (κ2) is 6.00. The minimum Gasteiger partial charge on any atom is -0.132 e. The zero-order chi connectivity index (χ0) is 9.84. The topological polar surface area (TPSA) is 0 Å². The van der Waals surface area contributed by atoms with E-state index in [4.69, 9.17) is 46.4 Å². The van der Waals surface area contributed by atoms with Crippen LogP contribution in [0.4, 0.5) is 0 Å². The Hall–Kier alpha value is 1.29. The van der Waals surface area contributed by atoms with Crippen LogP contribution in [0.2, 0.25) is 6.32 Å². The summed E-state index contributed by atoms with van der Waals surface area (Å²) < 4.78 is 0. The van der Waals surface area contributed by atoms with E-state index in [1.54, 1.807) is 0 Å². The molecular formula is C7H12B2Cl4. The van der Waals surface area contributed by atoms with Crippen LogP contribution >= 0.6 is 46.4 Å². The normalized spacial score (nSPS) is 42.2. The summed E-state index contributed by atoms with van der Waals surface area (Å²) >= 11 is 24.4. The molecule has 1 saturated heterocycles. The molecule has 1 aliphatic heterocycles. The zero-order valence-electron chi connectivity index (χ0n) is 7.36. The lowest BCUT2D eigenvalue weighted by Crippen LogP contribution is -2.36. The van der Waals surface area contributed by atoms with Crippen molar-refractivity contribution >= 4 is 60.7 Å². The van der Waals surface area contributed by atoms with E-state index < -0.39 is 0 Å². The second-order valence-corrected chi connectivity index (χ2v) is 5.69. The Morgan fingerprint density at radius 2 is 1.69 bits per heavy atom. The third-order valence-electron chi connectivity index (χ3n) is 2.46. The van der Waals surface area contributed by atoms with Crippen molar-refractivity contribution in [3.05, 3.63) is 0 Å². The van der Waals surface area contributed by atoms with Gasteiger partial charge in [0.15, 0.2) is 0 Å². The zero-order valence-corrected chi connectivity index (χ0v) is 10.4. The highest BCUT2D eigenvalue weighted by atomic mass is 35.5. The Labute approximate surface area is 101 Å². The van der Waals surface area contributed by atoms with Crippen LogP contribution in [0.25, 0.3) is 0 Å². The molecule has 0 radical (unpaired) electrons. The van der Waals surface area contributed by atoms with Gasteiger partial charge in [0, 0.05) is 5.28 Å². The Kier molecular flexibility index (Phi) is 5.71. The van der Waals surface area contributed by atoms with Crippen molar-refractivity contribution in [1.29, 1.82) is 0 Å². The van der Waals surface area contributed by atoms with Crippen molar-refractivity contribution in [2.24, 2.45) is 0 Å². The van der Waals surface area contributed by atoms with Gasteiger partial charge in [-0.15, -0.1) is 46.4 Å². The quantitative estimate of drug-likeness (QED) is 0.463. The van der Waals surface area contributed by atoms with Gasteiger partial charge < -0.3 is 0 Å². The fourth-order valence-corrected chi connectivity index (χ4v) is 2.95. The molecular weight excluding hydrogens is 248 g/mol. The van der Waals surface area contributed by atoms with Crippen LogP contribution in [-0.4, -0.2) is 35.7 Å². The van der Waals surface area contributed by atoms with Crippen molar-refractivity contribution in [2.75, 3.05) is 0 Å². The van der Waals surface area contributed by atoms with Crippen molar-refractivity contribution in [3.63, 3.8) is 0 Å². The van der Waals surface area contributed by atoms with Crippen molar-refractivity contribution in [3.8, 4) is 0 Å². The standard InChI is InChI=1S/C7H12B2Cl4/c10-4-2-1-3-8-9-7(13)6(12)5(4)11/h4-9H,1-3H2. The second-order valence-electron chi connectivity index (χ2n) is 3.56. The van der Waals surface area contributed by atoms with Gasteiger partial charge in [0.05, 0.1) is 23.3 Å². The van der Waals surface area contributed by atoms with E-state index in [1.807, 2.05) is 0 Å². The van der Waals surface area contributed by atoms with E-state index in [2.05, 4.69) is 0 Å². The summed E-state index contributed by atoms with van der Waals surface area (Å²) in [5.41, 5.74) is 0. The van der Waals surface area contributed by atoms with Gasteiger partial charge in [-0.25, -0.2) is 0 Å². The van der Waals surface area contributed by atoms with Crippen LogP contribution < -0.4 is 0 Å². The first-order valence-electron chi connectivity index (χ1n) is 4.69. The van der Waals surface area contributed by atoms with Crippen LogP contribution in [-0.2, 0) is 0 Å². The van der Waals surface area contributed by atoms with Gasteiger partial charge >= 0.3 is 0 Å². The predicted molar refractivity (Wildman–Crippen MR) is 66.9 cm³/mol. The molecule has 1 aliphatic rings. The highest BCUT2D eigenvalue weighted by Crippen LogP contribution is 2.27. The van der Waals surface area contributed by atoms with Crippen LogP contribution in [0.3, 0.4) is 0 Å². The molecule has 0 aromatic carbocycles. The highest BCUT2D eigenvalue weighted by molar-refractivity contribution is 7.04. The molecule has 13 heavy (non-hydrogen) atoms. The van der Waals surface area contributed by atoms with E-state index in [9.17, 15) is 0 Å². The maximum absolute atomic E-state index is 6.11. The fraction of sp³-hybridized carbons (Fsp3) is 1.00. The number of hydrogen-bond acceptors (Lipinski definition) is 0. The summed E-state index contributed by atoms with van der Waals surface area (Å²) in [6, 6.07) is 0. The molecule has 0 spiro atoms. The first-order chi connectivity index (χ1) is 6.13. The van der Waals surface area contributed by atoms with Gasteiger partial charge in [-0.1, -0.05) is 12.7 Å². The van der Waals surface area contributed by atoms with E-state index in [1.165, 1.54) is 6.32 Å². The first-order valence-corrected chi connectivity index (χ1v) is 6.44. The van der Waals surface area contributed by atoms with Crippen molar-refractivity contribution in [1.82, 2.24) is 0 Å². The third-order valence-corrected chi connectivity index (χ3v) is 4.97. The molecule has 4 unspecified atom stereocenters. The summed E-state index contributed by atoms with van der Waals surface area (Å²) in [5, 5.41) is -0.486. The molecule has 74 valence electrons. The molecule has 0 aromatic rings. The van der Waals surface area contributed by atoms with Gasteiger partial charge in [0.25, 0.3) is 0 Å². The Morgan fingerprint density at radius 1 is 1.00 bits per heavy atom. The molecule has 0 nitrogen and oxygen atoms in total. The molecule has 0 bridgehead atoms. The third kappa shape index (κ3) is 3.74. The molecule has 0 N–H and O–H groups in total. The van der Waals surface area contributed by atoms with Gasteiger partial charge in [0.1, 0.15) is 7.17 Å². The van der Waals surface area contributed by atoms with Gasteiger partial charge in [-0.05, 0) is 6.42 Å². The van der Waals surface area contributed by atoms with E-state index >= 15 is 0 Å². The SMILES string of the molecule is ClC1BBCCCC(Cl)C(Cl)C1Cl. The summed E-state index contributed by atoms with van der Waals surface area (Å²) in [6.07, 6.45) is 3.26. The molecule has 6 heteroatoms. The maximum atomic E-state index is 6.11. The van der Waals surface area contributed by atoms with Gasteiger partial charge in [0.2, 0.25) is 0 Å². The van der Waals surface area contributed by atoms with Crippen LogP contribution in [0.15, 0.2) is 0 Å². The smallest absolute Gasteiger partial charge is 0.111 e. The minimum absolute atomic E-state index is 0.0384. The van der Waals surface area contributed by atoms with Crippen LogP contribution in [0.5, 0.6) is 0 Å². The fourth-order valence-electron chi connectivity index (χ4n) is 1.57. The monoisotopic (exact) mass is 258 g/mol. The van der Waals surface area contributed by atoms with Crippen molar-refractivity contribution in [2.45, 2.75) is 40.6 Å². The summed E-state index contributed by atoms with van der Waals surface area (Å²) in [7, 11) is 2.08. The van der Waals surface area contributed by atoms with Gasteiger partial charge in [-0.2, -0.15) is 0 Å². The van der Waals surface area contributed by atoms with Crippen LogP contribution in [0, 0.1) is 0 Å². The van der Waals surface area contributed by atoms with E-state index in [0.717, 1.165) is 27.2 Å². The molecule has 0 amide bonds. The number of rotatable bonds is 0. The number of halogens is 4. The lowest BCUT2D eigenvalue weighted by Gasteiger charge is -2.22. The van der Waals surface area contributed by atoms with Crippen molar-refractivity contribution < 1.29 is 0 Å². The van der Waals surface area contributed by atoms with Gasteiger partial charge in [-0.3, -0.25) is 0 Å². The molecule has 1 fully saturated rings. The Bertz CT molecular complexity index is 141. The molecule has 0 saturated carbocycles. The number of hydrogen-bond donors (Lipinski definition) is 0. The lowest BCUT2D eigenvalue weighted by atomic mass is 9.36. The van der Waals surface area contributed by atoms with Crippen LogP contribution in [0.1, 0.15) is 12.8 Å². The average molecular weight is 260 g/mol. The molecule has 0 aliphatic carbocycles. The minimum atomic E-state index is -0.205. The molecule has 1 heterocycles. The molecule has 0 aromatic heterocycles. The summed E-state index contributed by atoms with van der Waals surface area (Å²) in [6.45, 7) is 0. The van der Waals surface area contributed by atoms with E-state index in [-0.39, 0.29) is 21.4 Å². The highest BCUT2D eigenvalue weighted by Gasteiger charge is 2.31. The first kappa shape index (κ1) is 12.4. The Balaban J connectivity index is 2.57. The average Bonchev–Trinajstić information content (AvgIpc) is 2.16. The summed E-state index contributed by atoms with van der Waals surface area (Å²) in [4.78, 5) is 0. The van der Waals surface area contributed by atoms with E-state index in [0.29, 0.717) is 0 Å². The maximum Gasteiger partial charge on any atom is 0.111 e. The largest absolute Gasteiger partial charge is 0.132 e. The Morgan fingerprint density at radius 3 is 2.38 bits per heavy atom. The summed E-state index contributed by atoms with van der Waals surface area (Å²) in [5.74, 6) is 0. The lowest BCUT2D eigenvalue weighted by molar-refractivity contribution is 0.672. The number of alkyl halides is 4. The molecule has 4 atom stereocenters. The molecule has 1 rings (SSSR count). The predicted octanol–water partition coefficient (Wildman–Crippen LogP) is 2.37.